The molecule has 3 heterocycles. The maximum Gasteiger partial charge on any atom is 0.223 e. The summed E-state index contributed by atoms with van der Waals surface area (Å²) in [4.78, 5) is 15.4. The third-order valence-electron chi connectivity index (χ3n) is 6.74. The number of rotatable bonds is 5. The number of hydrogen-bond donors (Lipinski definition) is 1. The van der Waals surface area contributed by atoms with Gasteiger partial charge in [-0.2, -0.15) is 4.52 Å². The molecule has 0 spiro atoms. The van der Waals surface area contributed by atoms with E-state index in [1.807, 2.05) is 24.3 Å². The zero-order valence-electron chi connectivity index (χ0n) is 17.5. The van der Waals surface area contributed by atoms with Crippen LogP contribution in [0, 0.1) is 17.7 Å². The van der Waals surface area contributed by atoms with Gasteiger partial charge in [0.1, 0.15) is 18.0 Å². The number of amides is 1. The third kappa shape index (κ3) is 4.24. The van der Waals surface area contributed by atoms with E-state index >= 15 is 0 Å². The molecule has 1 saturated carbocycles. The van der Waals surface area contributed by atoms with Crippen molar-refractivity contribution in [2.45, 2.75) is 44.6 Å². The molecule has 7 nitrogen and oxygen atoms in total. The summed E-state index contributed by atoms with van der Waals surface area (Å²) >= 11 is 0. The van der Waals surface area contributed by atoms with Crippen LogP contribution in [0.5, 0.6) is 0 Å². The van der Waals surface area contributed by atoms with Gasteiger partial charge in [-0.05, 0) is 61.4 Å². The van der Waals surface area contributed by atoms with Crippen molar-refractivity contribution in [3.8, 4) is 0 Å². The SMILES string of the molecule is O=C(NC(c1ccc(F)cc1)C1CCCC1)C1CCN(c2ccc3nncn3n2)CC1. The first kappa shape index (κ1) is 19.9. The van der Waals surface area contributed by atoms with Crippen LogP contribution in [0.25, 0.3) is 5.65 Å². The highest BCUT2D eigenvalue weighted by atomic mass is 19.1. The quantitative estimate of drug-likeness (QED) is 0.681. The molecule has 1 saturated heterocycles. The van der Waals surface area contributed by atoms with Crippen LogP contribution < -0.4 is 10.2 Å². The number of piperidine rings is 1. The number of nitrogens with one attached hydrogen (secondary N) is 1. The van der Waals surface area contributed by atoms with Crippen molar-refractivity contribution in [1.82, 2.24) is 25.1 Å². The van der Waals surface area contributed by atoms with Crippen molar-refractivity contribution >= 4 is 17.4 Å². The summed E-state index contributed by atoms with van der Waals surface area (Å²) in [6.07, 6.45) is 7.78. The summed E-state index contributed by atoms with van der Waals surface area (Å²) in [5.74, 6) is 1.16. The van der Waals surface area contributed by atoms with E-state index in [0.29, 0.717) is 5.92 Å². The summed E-state index contributed by atoms with van der Waals surface area (Å²) < 4.78 is 15.1. The summed E-state index contributed by atoms with van der Waals surface area (Å²) in [6, 6.07) is 10.4. The fraction of sp³-hybridized carbons (Fsp3) is 0.478. The minimum atomic E-state index is -0.245. The lowest BCUT2D eigenvalue weighted by Crippen LogP contribution is -2.43. The lowest BCUT2D eigenvalue weighted by Gasteiger charge is -2.33. The molecule has 162 valence electrons. The Morgan fingerprint density at radius 1 is 1.03 bits per heavy atom. The predicted octanol–water partition coefficient (Wildman–Crippen LogP) is 3.53. The Labute approximate surface area is 180 Å². The van der Waals surface area contributed by atoms with Crippen molar-refractivity contribution in [3.05, 3.63) is 54.1 Å². The maximum absolute atomic E-state index is 13.4. The average Bonchev–Trinajstić information content (AvgIpc) is 3.50. The van der Waals surface area contributed by atoms with Crippen LogP contribution in [0.3, 0.4) is 0 Å². The molecule has 31 heavy (non-hydrogen) atoms. The summed E-state index contributed by atoms with van der Waals surface area (Å²) in [6.45, 7) is 1.56. The third-order valence-corrected chi connectivity index (χ3v) is 6.74. The second kappa shape index (κ2) is 8.61. The Morgan fingerprint density at radius 3 is 2.52 bits per heavy atom. The second-order valence-electron chi connectivity index (χ2n) is 8.67. The van der Waals surface area contributed by atoms with Crippen LogP contribution >= 0.6 is 0 Å². The van der Waals surface area contributed by atoms with Crippen molar-refractivity contribution in [3.63, 3.8) is 0 Å². The van der Waals surface area contributed by atoms with Crippen LogP contribution in [0.1, 0.15) is 50.1 Å². The first-order chi connectivity index (χ1) is 15.2. The van der Waals surface area contributed by atoms with Gasteiger partial charge in [-0.3, -0.25) is 4.79 Å². The van der Waals surface area contributed by atoms with Crippen LogP contribution in [0.4, 0.5) is 10.2 Å². The monoisotopic (exact) mass is 422 g/mol. The van der Waals surface area contributed by atoms with E-state index in [2.05, 4.69) is 25.5 Å². The van der Waals surface area contributed by atoms with Gasteiger partial charge in [0, 0.05) is 19.0 Å². The number of hydrogen-bond acceptors (Lipinski definition) is 5. The Bertz CT molecular complexity index is 1040. The molecule has 1 N–H and O–H groups in total. The van der Waals surface area contributed by atoms with Crippen molar-refractivity contribution in [2.75, 3.05) is 18.0 Å². The van der Waals surface area contributed by atoms with E-state index in [0.717, 1.165) is 55.8 Å². The van der Waals surface area contributed by atoms with Crippen LogP contribution in [0.2, 0.25) is 0 Å². The minimum Gasteiger partial charge on any atom is -0.355 e. The molecule has 5 rings (SSSR count). The van der Waals surface area contributed by atoms with E-state index in [1.165, 1.54) is 25.0 Å². The number of benzene rings is 1. The molecule has 8 heteroatoms. The highest BCUT2D eigenvalue weighted by Gasteiger charge is 2.32. The van der Waals surface area contributed by atoms with Gasteiger partial charge in [-0.1, -0.05) is 25.0 Å². The van der Waals surface area contributed by atoms with Crippen molar-refractivity contribution in [1.29, 1.82) is 0 Å². The zero-order valence-corrected chi connectivity index (χ0v) is 17.5. The largest absolute Gasteiger partial charge is 0.355 e. The highest BCUT2D eigenvalue weighted by molar-refractivity contribution is 5.79. The molecule has 2 aromatic heterocycles. The number of carbonyl (C=O) groups excluding carboxylic acids is 1. The van der Waals surface area contributed by atoms with E-state index in [-0.39, 0.29) is 23.7 Å². The number of halogens is 1. The van der Waals surface area contributed by atoms with Crippen LogP contribution in [-0.4, -0.2) is 38.8 Å². The summed E-state index contributed by atoms with van der Waals surface area (Å²) in [7, 11) is 0. The lowest BCUT2D eigenvalue weighted by atomic mass is 9.89. The van der Waals surface area contributed by atoms with Crippen molar-refractivity contribution < 1.29 is 9.18 Å². The van der Waals surface area contributed by atoms with Gasteiger partial charge >= 0.3 is 0 Å². The molecule has 1 aliphatic carbocycles. The summed E-state index contributed by atoms with van der Waals surface area (Å²) in [5, 5.41) is 15.7. The average molecular weight is 423 g/mol. The number of carbonyl (C=O) groups is 1. The predicted molar refractivity (Wildman–Crippen MR) is 115 cm³/mol. The smallest absolute Gasteiger partial charge is 0.223 e. The van der Waals surface area contributed by atoms with E-state index in [1.54, 1.807) is 10.8 Å². The second-order valence-corrected chi connectivity index (χ2v) is 8.67. The number of aromatic nitrogens is 4. The van der Waals surface area contributed by atoms with Crippen LogP contribution in [-0.2, 0) is 4.79 Å². The lowest BCUT2D eigenvalue weighted by molar-refractivity contribution is -0.126. The summed E-state index contributed by atoms with van der Waals surface area (Å²) in [5.41, 5.74) is 1.72. The Balaban J connectivity index is 1.23. The molecule has 1 aromatic carbocycles. The molecule has 2 fully saturated rings. The molecule has 0 bridgehead atoms. The van der Waals surface area contributed by atoms with E-state index in [4.69, 9.17) is 0 Å². The zero-order chi connectivity index (χ0) is 21.2. The van der Waals surface area contributed by atoms with Crippen molar-refractivity contribution in [2.24, 2.45) is 11.8 Å². The standard InChI is InChI=1S/C23H27FN6O/c24-19-7-5-17(6-8-19)22(16-3-1-2-4-16)26-23(31)18-11-13-29(14-12-18)21-10-9-20-27-25-15-30(20)28-21/h5-10,15-16,18,22H,1-4,11-14H2,(H,26,31). The molecule has 0 radical (unpaired) electrons. The van der Waals surface area contributed by atoms with Gasteiger partial charge in [-0.15, -0.1) is 15.3 Å². The maximum atomic E-state index is 13.4. The normalized spacial score (nSPS) is 19.1. The molecule has 3 aromatic rings. The first-order valence-corrected chi connectivity index (χ1v) is 11.2. The van der Waals surface area contributed by atoms with E-state index in [9.17, 15) is 9.18 Å². The van der Waals surface area contributed by atoms with Gasteiger partial charge < -0.3 is 10.2 Å². The number of nitrogens with zero attached hydrogens (tertiary/aromatic N) is 5. The molecule has 1 amide bonds. The van der Waals surface area contributed by atoms with Gasteiger partial charge in [-0.25, -0.2) is 4.39 Å². The first-order valence-electron chi connectivity index (χ1n) is 11.2. The Kier molecular flexibility index (Phi) is 5.53. The fourth-order valence-electron chi connectivity index (χ4n) is 4.96. The van der Waals surface area contributed by atoms with Crippen LogP contribution in [0.15, 0.2) is 42.7 Å². The number of anilines is 1. The Hall–Kier alpha value is -3.03. The van der Waals surface area contributed by atoms with Gasteiger partial charge in [0.15, 0.2) is 5.65 Å². The molecular formula is C23H27FN6O. The van der Waals surface area contributed by atoms with Gasteiger partial charge in [0.05, 0.1) is 6.04 Å². The van der Waals surface area contributed by atoms with Gasteiger partial charge in [0.2, 0.25) is 5.91 Å². The molecule has 2 aliphatic rings. The van der Waals surface area contributed by atoms with Gasteiger partial charge in [0.25, 0.3) is 0 Å². The van der Waals surface area contributed by atoms with E-state index < -0.39 is 0 Å². The molecule has 1 aliphatic heterocycles. The molecule has 1 unspecified atom stereocenters. The Morgan fingerprint density at radius 2 is 1.77 bits per heavy atom. The minimum absolute atomic E-state index is 0.0146. The highest BCUT2D eigenvalue weighted by Crippen LogP contribution is 2.36. The fourth-order valence-corrected chi connectivity index (χ4v) is 4.96. The molecule has 1 atom stereocenters. The topological polar surface area (TPSA) is 75.4 Å². The molecular weight excluding hydrogens is 395 g/mol. The number of fused-ring (bicyclic) bond motifs is 1.